The average molecular weight is 493 g/mol. The molecule has 1 unspecified atom stereocenters. The molecule has 35 heavy (non-hydrogen) atoms. The fourth-order valence-electron chi connectivity index (χ4n) is 4.49. The highest BCUT2D eigenvalue weighted by atomic mass is 32.1. The average Bonchev–Trinajstić information content (AvgIpc) is 3.44. The molecule has 0 aliphatic carbocycles. The van der Waals surface area contributed by atoms with E-state index in [0.29, 0.717) is 26.4 Å². The summed E-state index contributed by atoms with van der Waals surface area (Å²) in [4.78, 5) is 36.2. The third-order valence-corrected chi connectivity index (χ3v) is 7.32. The van der Waals surface area contributed by atoms with Gasteiger partial charge in [0.05, 0.1) is 28.5 Å². The number of rotatable bonds is 5. The zero-order valence-electron chi connectivity index (χ0n) is 20.1. The zero-order valence-corrected chi connectivity index (χ0v) is 20.9. The van der Waals surface area contributed by atoms with Gasteiger partial charge in [0.1, 0.15) is 5.76 Å². The molecule has 1 saturated heterocycles. The number of fused-ring (bicyclic) bond motifs is 1. The fourth-order valence-corrected chi connectivity index (χ4v) is 5.51. The Balaban J connectivity index is 1.57. The van der Waals surface area contributed by atoms with E-state index in [-0.39, 0.29) is 12.2 Å². The number of allylic oxidation sites excluding steroid dienone is 1. The van der Waals surface area contributed by atoms with Gasteiger partial charge in [-0.25, -0.2) is 9.79 Å². The summed E-state index contributed by atoms with van der Waals surface area (Å²) in [6, 6.07) is 12.7. The molecule has 1 atom stereocenters. The van der Waals surface area contributed by atoms with Gasteiger partial charge in [-0.3, -0.25) is 9.36 Å². The lowest BCUT2D eigenvalue weighted by Crippen LogP contribution is -2.44. The minimum absolute atomic E-state index is 0.213. The minimum Gasteiger partial charge on any atom is -0.463 e. The number of carbonyl (C=O) groups is 1. The molecule has 0 bridgehead atoms. The highest BCUT2D eigenvalue weighted by Crippen LogP contribution is 2.30. The van der Waals surface area contributed by atoms with Crippen molar-refractivity contribution in [3.63, 3.8) is 0 Å². The van der Waals surface area contributed by atoms with Gasteiger partial charge in [0, 0.05) is 38.3 Å². The van der Waals surface area contributed by atoms with Gasteiger partial charge in [0.25, 0.3) is 5.56 Å². The fraction of sp³-hybridized carbons (Fsp3) is 0.346. The zero-order chi connectivity index (χ0) is 24.5. The summed E-state index contributed by atoms with van der Waals surface area (Å²) in [5.41, 5.74) is 1.55. The Morgan fingerprint density at radius 2 is 1.91 bits per heavy atom. The van der Waals surface area contributed by atoms with Crippen LogP contribution in [0.5, 0.6) is 0 Å². The minimum atomic E-state index is -0.605. The molecule has 0 saturated carbocycles. The molecule has 3 aromatic rings. The van der Waals surface area contributed by atoms with E-state index in [1.54, 1.807) is 24.5 Å². The lowest BCUT2D eigenvalue weighted by molar-refractivity contribution is -0.139. The molecule has 1 aromatic carbocycles. The maximum Gasteiger partial charge on any atom is 0.338 e. The molecule has 0 spiro atoms. The SMILES string of the molecule is CCOC(=O)C1=C(C)N=c2sc(=Cc3ccc(N4CCN(C)CC4)o3)c(=O)n2C1c1ccccc1. The molecular weight excluding hydrogens is 464 g/mol. The molecule has 0 N–H and O–H groups in total. The summed E-state index contributed by atoms with van der Waals surface area (Å²) in [7, 11) is 2.11. The van der Waals surface area contributed by atoms with Crippen LogP contribution >= 0.6 is 11.3 Å². The number of hydrogen-bond donors (Lipinski definition) is 0. The number of piperazine rings is 1. The topological polar surface area (TPSA) is 80.3 Å². The summed E-state index contributed by atoms with van der Waals surface area (Å²) < 4.78 is 13.5. The van der Waals surface area contributed by atoms with Gasteiger partial charge in [0.15, 0.2) is 10.7 Å². The van der Waals surface area contributed by atoms with Crippen LogP contribution in [0.4, 0.5) is 5.88 Å². The lowest BCUT2D eigenvalue weighted by Gasteiger charge is -2.32. The van der Waals surface area contributed by atoms with Crippen molar-refractivity contribution in [2.75, 3.05) is 44.7 Å². The number of hydrogen-bond acceptors (Lipinski definition) is 8. The van der Waals surface area contributed by atoms with Gasteiger partial charge in [-0.05, 0) is 32.5 Å². The van der Waals surface area contributed by atoms with E-state index in [4.69, 9.17) is 9.15 Å². The monoisotopic (exact) mass is 492 g/mol. The summed E-state index contributed by atoms with van der Waals surface area (Å²) in [5, 5.41) is 0. The maximum atomic E-state index is 13.6. The highest BCUT2D eigenvalue weighted by molar-refractivity contribution is 7.07. The summed E-state index contributed by atoms with van der Waals surface area (Å²) in [6.07, 6.45) is 1.76. The lowest BCUT2D eigenvalue weighted by atomic mass is 9.96. The Kier molecular flexibility index (Phi) is 6.44. The van der Waals surface area contributed by atoms with E-state index in [1.165, 1.54) is 11.3 Å². The van der Waals surface area contributed by atoms with Crippen molar-refractivity contribution in [3.05, 3.63) is 84.7 Å². The molecule has 5 rings (SSSR count). The number of nitrogens with zero attached hydrogens (tertiary/aromatic N) is 4. The first-order valence-electron chi connectivity index (χ1n) is 11.7. The van der Waals surface area contributed by atoms with Crippen molar-refractivity contribution >= 4 is 29.3 Å². The normalized spacial score (nSPS) is 19.0. The molecular formula is C26H28N4O4S. The van der Waals surface area contributed by atoms with Crippen molar-refractivity contribution < 1.29 is 13.9 Å². The Hall–Kier alpha value is -3.43. The number of benzene rings is 1. The van der Waals surface area contributed by atoms with E-state index < -0.39 is 12.0 Å². The summed E-state index contributed by atoms with van der Waals surface area (Å²) >= 11 is 1.29. The van der Waals surface area contributed by atoms with E-state index >= 15 is 0 Å². The number of thiazole rings is 1. The van der Waals surface area contributed by atoms with Gasteiger partial charge < -0.3 is 19.0 Å². The first-order valence-corrected chi connectivity index (χ1v) is 12.6. The first kappa shape index (κ1) is 23.3. The van der Waals surface area contributed by atoms with Crippen LogP contribution in [0, 0.1) is 0 Å². The number of likely N-dealkylation sites (N-methyl/N-ethyl adjacent to an activating group) is 1. The molecule has 2 aliphatic heterocycles. The smallest absolute Gasteiger partial charge is 0.338 e. The second-order valence-electron chi connectivity index (χ2n) is 8.68. The van der Waals surface area contributed by atoms with Gasteiger partial charge >= 0.3 is 5.97 Å². The van der Waals surface area contributed by atoms with Crippen molar-refractivity contribution in [1.82, 2.24) is 9.47 Å². The molecule has 9 heteroatoms. The van der Waals surface area contributed by atoms with Crippen LogP contribution in [0.1, 0.15) is 31.2 Å². The van der Waals surface area contributed by atoms with Crippen LogP contribution in [-0.4, -0.2) is 55.3 Å². The molecule has 4 heterocycles. The van der Waals surface area contributed by atoms with E-state index in [0.717, 1.165) is 37.6 Å². The molecule has 0 radical (unpaired) electrons. The first-order chi connectivity index (χ1) is 17.0. The Morgan fingerprint density at radius 3 is 2.63 bits per heavy atom. The Bertz CT molecular complexity index is 1440. The highest BCUT2D eigenvalue weighted by Gasteiger charge is 2.33. The Labute approximate surface area is 207 Å². The predicted molar refractivity (Wildman–Crippen MR) is 135 cm³/mol. The molecule has 1 fully saturated rings. The van der Waals surface area contributed by atoms with Crippen LogP contribution < -0.4 is 19.8 Å². The number of carbonyl (C=O) groups excluding carboxylic acids is 1. The van der Waals surface area contributed by atoms with Crippen LogP contribution in [0.2, 0.25) is 0 Å². The largest absolute Gasteiger partial charge is 0.463 e. The van der Waals surface area contributed by atoms with Crippen LogP contribution in [0.3, 0.4) is 0 Å². The molecule has 182 valence electrons. The second kappa shape index (κ2) is 9.67. The van der Waals surface area contributed by atoms with Crippen molar-refractivity contribution in [3.8, 4) is 0 Å². The van der Waals surface area contributed by atoms with E-state index in [9.17, 15) is 9.59 Å². The predicted octanol–water partition coefficient (Wildman–Crippen LogP) is 2.14. The maximum absolute atomic E-state index is 13.6. The number of ether oxygens (including phenoxy) is 1. The molecule has 8 nitrogen and oxygen atoms in total. The van der Waals surface area contributed by atoms with Crippen molar-refractivity contribution in [2.45, 2.75) is 19.9 Å². The van der Waals surface area contributed by atoms with E-state index in [1.807, 2.05) is 42.5 Å². The third-order valence-electron chi connectivity index (χ3n) is 6.33. The van der Waals surface area contributed by atoms with Gasteiger partial charge in [-0.1, -0.05) is 41.7 Å². The second-order valence-corrected chi connectivity index (χ2v) is 9.69. The molecule has 2 aliphatic rings. The van der Waals surface area contributed by atoms with Gasteiger partial charge in [0.2, 0.25) is 0 Å². The van der Waals surface area contributed by atoms with Gasteiger partial charge in [-0.15, -0.1) is 0 Å². The third kappa shape index (κ3) is 4.49. The number of anilines is 1. The molecule has 0 amide bonds. The standard InChI is InChI=1S/C26H28N4O4S/c1-4-33-25(32)22-17(2)27-26-30(23(22)18-8-6-5-7-9-18)24(31)20(35-26)16-19-10-11-21(34-19)29-14-12-28(3)13-15-29/h5-11,16,23H,4,12-15H2,1-3H3. The summed E-state index contributed by atoms with van der Waals surface area (Å²) in [5.74, 6) is 0.959. The van der Waals surface area contributed by atoms with Crippen molar-refractivity contribution in [2.24, 2.45) is 4.99 Å². The van der Waals surface area contributed by atoms with Crippen LogP contribution in [-0.2, 0) is 9.53 Å². The summed E-state index contributed by atoms with van der Waals surface area (Å²) in [6.45, 7) is 7.56. The Morgan fingerprint density at radius 1 is 1.17 bits per heavy atom. The number of furan rings is 1. The van der Waals surface area contributed by atoms with Crippen LogP contribution in [0.15, 0.2) is 67.9 Å². The number of aromatic nitrogens is 1. The van der Waals surface area contributed by atoms with Crippen LogP contribution in [0.25, 0.3) is 6.08 Å². The van der Waals surface area contributed by atoms with Gasteiger partial charge in [-0.2, -0.15) is 0 Å². The quantitative estimate of drug-likeness (QED) is 0.508. The van der Waals surface area contributed by atoms with Crippen molar-refractivity contribution in [1.29, 1.82) is 0 Å². The van der Waals surface area contributed by atoms with E-state index in [2.05, 4.69) is 21.8 Å². The molecule has 2 aromatic heterocycles. The number of esters is 1.